The second kappa shape index (κ2) is 5.41. The molecule has 0 saturated carbocycles. The van der Waals surface area contributed by atoms with Gasteiger partial charge in [-0.1, -0.05) is 0 Å². The summed E-state index contributed by atoms with van der Waals surface area (Å²) in [6.07, 6.45) is 0. The van der Waals surface area contributed by atoms with E-state index in [1.165, 1.54) is 42.6 Å². The molecule has 0 saturated heterocycles. The molecule has 9 heteroatoms. The van der Waals surface area contributed by atoms with Gasteiger partial charge in [-0.05, 0) is 43.3 Å². The second-order valence-electron chi connectivity index (χ2n) is 4.38. The van der Waals surface area contributed by atoms with E-state index in [4.69, 9.17) is 5.14 Å². The largest absolute Gasteiger partial charge is 0.273 e. The van der Waals surface area contributed by atoms with Gasteiger partial charge in [-0.25, -0.2) is 22.0 Å². The van der Waals surface area contributed by atoms with E-state index in [0.29, 0.717) is 5.69 Å². The lowest BCUT2D eigenvalue weighted by molar-refractivity contribution is 0.596. The quantitative estimate of drug-likeness (QED) is 0.907. The molecule has 2 aromatic rings. The molecule has 0 aliphatic carbocycles. The Morgan fingerprint density at radius 3 is 2.00 bits per heavy atom. The number of anilines is 1. The smallest absolute Gasteiger partial charge is 0.269 e. The van der Waals surface area contributed by atoms with Crippen LogP contribution in [0.5, 0.6) is 0 Å². The number of sulfonamides is 2. The topological polar surface area (TPSA) is 97.5 Å². The fourth-order valence-electron chi connectivity index (χ4n) is 1.67. The van der Waals surface area contributed by atoms with Gasteiger partial charge < -0.3 is 0 Å². The van der Waals surface area contributed by atoms with Crippen LogP contribution in [0.1, 0.15) is 4.88 Å². The fourth-order valence-corrected chi connectivity index (χ4v) is 4.84. The maximum Gasteiger partial charge on any atom is 0.273 e. The molecule has 0 atom stereocenters. The molecular weight excluding hydrogens is 332 g/mol. The first-order valence-electron chi connectivity index (χ1n) is 5.80. The van der Waals surface area contributed by atoms with Crippen molar-refractivity contribution >= 4 is 37.1 Å². The summed E-state index contributed by atoms with van der Waals surface area (Å²) in [5.74, 6) is 0. The first kappa shape index (κ1) is 16.0. The SMILES string of the molecule is Cc1ccc(S(=O)(=O)N(C)c2ccc(S(N)(=O)=O)cc2)s1. The Labute approximate surface area is 127 Å². The van der Waals surface area contributed by atoms with Crippen molar-refractivity contribution in [2.24, 2.45) is 5.14 Å². The van der Waals surface area contributed by atoms with Crippen molar-refractivity contribution in [3.8, 4) is 0 Å². The maximum atomic E-state index is 12.4. The molecule has 114 valence electrons. The summed E-state index contributed by atoms with van der Waals surface area (Å²) in [4.78, 5) is 0.829. The van der Waals surface area contributed by atoms with Crippen molar-refractivity contribution in [1.29, 1.82) is 0 Å². The molecule has 0 radical (unpaired) electrons. The molecule has 1 heterocycles. The third-order valence-corrected chi connectivity index (χ3v) is 7.04. The number of rotatable bonds is 4. The summed E-state index contributed by atoms with van der Waals surface area (Å²) >= 11 is 1.18. The van der Waals surface area contributed by atoms with E-state index in [9.17, 15) is 16.8 Å². The predicted octanol–water partition coefficient (Wildman–Crippen LogP) is 1.53. The van der Waals surface area contributed by atoms with E-state index in [1.807, 2.05) is 6.92 Å². The molecular formula is C12H14N2O4S3. The number of benzene rings is 1. The van der Waals surface area contributed by atoms with E-state index in [-0.39, 0.29) is 9.10 Å². The summed E-state index contributed by atoms with van der Waals surface area (Å²) in [7, 11) is -6.03. The van der Waals surface area contributed by atoms with Gasteiger partial charge in [0.15, 0.2) is 0 Å². The van der Waals surface area contributed by atoms with Gasteiger partial charge in [0.1, 0.15) is 4.21 Å². The highest BCUT2D eigenvalue weighted by atomic mass is 32.2. The van der Waals surface area contributed by atoms with Crippen molar-refractivity contribution in [2.45, 2.75) is 16.0 Å². The van der Waals surface area contributed by atoms with Crippen LogP contribution in [0.3, 0.4) is 0 Å². The molecule has 2 N–H and O–H groups in total. The number of nitrogens with zero attached hydrogens (tertiary/aromatic N) is 1. The zero-order valence-corrected chi connectivity index (χ0v) is 13.8. The lowest BCUT2D eigenvalue weighted by Crippen LogP contribution is -2.25. The van der Waals surface area contributed by atoms with Crippen LogP contribution in [0.2, 0.25) is 0 Å². The van der Waals surface area contributed by atoms with Crippen molar-refractivity contribution in [3.05, 3.63) is 41.3 Å². The average Bonchev–Trinajstić information content (AvgIpc) is 2.84. The van der Waals surface area contributed by atoms with Gasteiger partial charge in [0.05, 0.1) is 10.6 Å². The number of hydrogen-bond donors (Lipinski definition) is 1. The molecule has 0 unspecified atom stereocenters. The predicted molar refractivity (Wildman–Crippen MR) is 82.5 cm³/mol. The van der Waals surface area contributed by atoms with Crippen LogP contribution >= 0.6 is 11.3 Å². The number of hydrogen-bond acceptors (Lipinski definition) is 5. The van der Waals surface area contributed by atoms with Crippen molar-refractivity contribution in [3.63, 3.8) is 0 Å². The number of aryl methyl sites for hydroxylation is 1. The Bertz CT molecular complexity index is 852. The minimum atomic E-state index is -3.80. The molecule has 0 aliphatic heterocycles. The number of primary sulfonamides is 1. The van der Waals surface area contributed by atoms with Gasteiger partial charge in [-0.15, -0.1) is 11.3 Å². The molecule has 1 aromatic carbocycles. The highest BCUT2D eigenvalue weighted by molar-refractivity contribution is 7.94. The zero-order chi connectivity index (χ0) is 15.8. The Balaban J connectivity index is 2.38. The third-order valence-electron chi connectivity index (χ3n) is 2.86. The summed E-state index contributed by atoms with van der Waals surface area (Å²) in [5, 5.41) is 5.00. The standard InChI is InChI=1S/C12H14N2O4S3/c1-9-3-8-12(19-9)21(17,18)14(2)10-4-6-11(7-5-10)20(13,15)16/h3-8H,1-2H3,(H2,13,15,16). The van der Waals surface area contributed by atoms with E-state index < -0.39 is 20.0 Å². The summed E-state index contributed by atoms with van der Waals surface area (Å²) in [6, 6.07) is 8.63. The molecule has 6 nitrogen and oxygen atoms in total. The van der Waals surface area contributed by atoms with Crippen molar-refractivity contribution in [1.82, 2.24) is 0 Å². The minimum absolute atomic E-state index is 0.0657. The Hall–Kier alpha value is -1.42. The zero-order valence-electron chi connectivity index (χ0n) is 11.3. The Morgan fingerprint density at radius 2 is 1.57 bits per heavy atom. The molecule has 0 aliphatic rings. The first-order chi connectivity index (χ1) is 9.62. The van der Waals surface area contributed by atoms with E-state index in [2.05, 4.69) is 0 Å². The molecule has 0 bridgehead atoms. The van der Waals surface area contributed by atoms with E-state index in [0.717, 1.165) is 9.18 Å². The molecule has 2 rings (SSSR count). The van der Waals surface area contributed by atoms with Crippen molar-refractivity contribution in [2.75, 3.05) is 11.4 Å². The van der Waals surface area contributed by atoms with Crippen LogP contribution in [0, 0.1) is 6.92 Å². The van der Waals surface area contributed by atoms with Gasteiger partial charge in [0.25, 0.3) is 10.0 Å². The highest BCUT2D eigenvalue weighted by Crippen LogP contribution is 2.27. The minimum Gasteiger partial charge on any atom is -0.269 e. The number of nitrogens with two attached hydrogens (primary N) is 1. The first-order valence-corrected chi connectivity index (χ1v) is 9.61. The van der Waals surface area contributed by atoms with Gasteiger partial charge in [-0.3, -0.25) is 4.31 Å². The van der Waals surface area contributed by atoms with Crippen LogP contribution in [0.4, 0.5) is 5.69 Å². The molecule has 0 fully saturated rings. The Kier molecular flexibility index (Phi) is 4.11. The van der Waals surface area contributed by atoms with Crippen LogP contribution in [0.15, 0.2) is 45.5 Å². The van der Waals surface area contributed by atoms with E-state index >= 15 is 0 Å². The van der Waals surface area contributed by atoms with Crippen LogP contribution in [-0.4, -0.2) is 23.9 Å². The second-order valence-corrected chi connectivity index (χ2v) is 9.42. The van der Waals surface area contributed by atoms with Gasteiger partial charge in [0, 0.05) is 11.9 Å². The normalized spacial score (nSPS) is 12.3. The van der Waals surface area contributed by atoms with Crippen LogP contribution in [-0.2, 0) is 20.0 Å². The van der Waals surface area contributed by atoms with Crippen molar-refractivity contribution < 1.29 is 16.8 Å². The molecule has 0 amide bonds. The van der Waals surface area contributed by atoms with Gasteiger partial charge in [0.2, 0.25) is 10.0 Å². The monoisotopic (exact) mass is 346 g/mol. The number of thiophene rings is 1. The Morgan fingerprint density at radius 1 is 1.00 bits per heavy atom. The van der Waals surface area contributed by atoms with E-state index in [1.54, 1.807) is 12.1 Å². The molecule has 0 spiro atoms. The average molecular weight is 346 g/mol. The lowest BCUT2D eigenvalue weighted by Gasteiger charge is -2.18. The van der Waals surface area contributed by atoms with Gasteiger partial charge in [-0.2, -0.15) is 0 Å². The van der Waals surface area contributed by atoms with Gasteiger partial charge >= 0.3 is 0 Å². The summed E-state index contributed by atoms with van der Waals surface area (Å²) in [5.41, 5.74) is 0.355. The lowest BCUT2D eigenvalue weighted by atomic mass is 10.3. The summed E-state index contributed by atoms with van der Waals surface area (Å²) < 4.78 is 48.5. The highest BCUT2D eigenvalue weighted by Gasteiger charge is 2.23. The van der Waals surface area contributed by atoms with Crippen LogP contribution in [0.25, 0.3) is 0 Å². The van der Waals surface area contributed by atoms with Crippen LogP contribution < -0.4 is 9.44 Å². The third kappa shape index (κ3) is 3.26. The summed E-state index contributed by atoms with van der Waals surface area (Å²) in [6.45, 7) is 1.82. The molecule has 21 heavy (non-hydrogen) atoms. The maximum absolute atomic E-state index is 12.4. The fraction of sp³-hybridized carbons (Fsp3) is 0.167. The molecule has 1 aromatic heterocycles.